The maximum atomic E-state index is 6.14. The summed E-state index contributed by atoms with van der Waals surface area (Å²) < 4.78 is 17.4. The molecule has 0 spiro atoms. The van der Waals surface area contributed by atoms with Gasteiger partial charge in [-0.05, 0) is 34.1 Å². The van der Waals surface area contributed by atoms with E-state index in [4.69, 9.17) is 14.2 Å². The van der Waals surface area contributed by atoms with E-state index >= 15 is 0 Å². The molecule has 0 N–H and O–H groups in total. The summed E-state index contributed by atoms with van der Waals surface area (Å²) in [5.41, 5.74) is -0.332. The van der Waals surface area contributed by atoms with E-state index in [2.05, 4.69) is 48.5 Å². The van der Waals surface area contributed by atoms with Crippen LogP contribution in [0.4, 0.5) is 0 Å². The van der Waals surface area contributed by atoms with E-state index in [0.717, 1.165) is 19.6 Å². The van der Waals surface area contributed by atoms with Crippen molar-refractivity contribution < 1.29 is 14.2 Å². The molecule has 0 aliphatic rings. The molecule has 0 aliphatic heterocycles. The zero-order valence-electron chi connectivity index (χ0n) is 14.9. The highest BCUT2D eigenvalue weighted by atomic mass is 16.5. The van der Waals surface area contributed by atoms with Crippen molar-refractivity contribution in [3.8, 4) is 0 Å². The highest BCUT2D eigenvalue weighted by molar-refractivity contribution is 4.80. The fourth-order valence-corrected chi connectivity index (χ4v) is 1.59. The molecule has 122 valence electrons. The summed E-state index contributed by atoms with van der Waals surface area (Å²) >= 11 is 0. The van der Waals surface area contributed by atoms with Crippen molar-refractivity contribution in [1.82, 2.24) is 0 Å². The molecule has 3 heteroatoms. The fourth-order valence-electron chi connectivity index (χ4n) is 1.59. The normalized spacial score (nSPS) is 16.2. The van der Waals surface area contributed by atoms with Gasteiger partial charge in [0, 0.05) is 25.6 Å². The molecule has 2 atom stereocenters. The molecule has 0 aromatic heterocycles. The van der Waals surface area contributed by atoms with Crippen LogP contribution in [0.15, 0.2) is 0 Å². The smallest absolute Gasteiger partial charge is 0.0674 e. The average Bonchev–Trinajstić information content (AvgIpc) is 2.40. The van der Waals surface area contributed by atoms with Crippen LogP contribution in [-0.2, 0) is 14.2 Å². The van der Waals surface area contributed by atoms with Crippen LogP contribution in [0.2, 0.25) is 0 Å². The van der Waals surface area contributed by atoms with E-state index in [-0.39, 0.29) is 11.2 Å². The summed E-state index contributed by atoms with van der Waals surface area (Å²) in [7, 11) is 1.76. The predicted molar refractivity (Wildman–Crippen MR) is 85.2 cm³/mol. The van der Waals surface area contributed by atoms with Gasteiger partial charge >= 0.3 is 0 Å². The van der Waals surface area contributed by atoms with Crippen LogP contribution in [0.1, 0.15) is 61.3 Å². The highest BCUT2D eigenvalue weighted by Gasteiger charge is 2.31. The molecule has 0 bridgehead atoms. The topological polar surface area (TPSA) is 27.7 Å². The SMILES string of the molecule is CCCCOCC(C)C(C)(C)OCC(C)C(C)(C)OC. The van der Waals surface area contributed by atoms with Gasteiger partial charge in [-0.2, -0.15) is 0 Å². The fraction of sp³-hybridized carbons (Fsp3) is 1.00. The van der Waals surface area contributed by atoms with E-state index in [1.807, 2.05) is 0 Å². The van der Waals surface area contributed by atoms with Crippen molar-refractivity contribution in [3.63, 3.8) is 0 Å². The van der Waals surface area contributed by atoms with Crippen LogP contribution in [0.25, 0.3) is 0 Å². The van der Waals surface area contributed by atoms with Gasteiger partial charge in [-0.25, -0.2) is 0 Å². The minimum absolute atomic E-state index is 0.156. The van der Waals surface area contributed by atoms with Crippen LogP contribution in [-0.4, -0.2) is 38.1 Å². The number of hydrogen-bond donors (Lipinski definition) is 0. The van der Waals surface area contributed by atoms with Gasteiger partial charge in [-0.1, -0.05) is 27.2 Å². The van der Waals surface area contributed by atoms with Crippen LogP contribution < -0.4 is 0 Å². The van der Waals surface area contributed by atoms with E-state index < -0.39 is 0 Å². The summed E-state index contributed by atoms with van der Waals surface area (Å²) in [4.78, 5) is 0. The van der Waals surface area contributed by atoms with E-state index in [1.165, 1.54) is 6.42 Å². The quantitative estimate of drug-likeness (QED) is 0.531. The van der Waals surface area contributed by atoms with Gasteiger partial charge in [0.05, 0.1) is 24.4 Å². The minimum Gasteiger partial charge on any atom is -0.381 e. The molecule has 0 rings (SSSR count). The largest absolute Gasteiger partial charge is 0.381 e. The Morgan fingerprint density at radius 3 is 1.95 bits per heavy atom. The Balaban J connectivity index is 4.16. The summed E-state index contributed by atoms with van der Waals surface area (Å²) in [5.74, 6) is 0.720. The maximum absolute atomic E-state index is 6.14. The predicted octanol–water partition coefficient (Wildman–Crippen LogP) is 4.30. The van der Waals surface area contributed by atoms with Gasteiger partial charge in [0.25, 0.3) is 0 Å². The summed E-state index contributed by atoms with van der Waals surface area (Å²) in [6.45, 7) is 17.3. The first-order valence-electron chi connectivity index (χ1n) is 7.94. The Hall–Kier alpha value is -0.120. The Morgan fingerprint density at radius 1 is 0.900 bits per heavy atom. The maximum Gasteiger partial charge on any atom is 0.0674 e. The van der Waals surface area contributed by atoms with Crippen molar-refractivity contribution in [2.45, 2.75) is 72.5 Å². The minimum atomic E-state index is -0.176. The first-order valence-corrected chi connectivity index (χ1v) is 7.94. The number of methoxy groups -OCH3 is 1. The second kappa shape index (κ2) is 9.01. The molecular weight excluding hydrogens is 252 g/mol. The molecule has 0 aromatic carbocycles. The summed E-state index contributed by atoms with van der Waals surface area (Å²) in [6.07, 6.45) is 2.31. The lowest BCUT2D eigenvalue weighted by Crippen LogP contribution is -2.41. The average molecular weight is 288 g/mol. The molecule has 0 saturated heterocycles. The third-order valence-electron chi connectivity index (χ3n) is 4.62. The standard InChI is InChI=1S/C17H36O3/c1-9-10-11-19-12-14(2)17(6,7)20-13-15(3)16(4,5)18-8/h14-15H,9-13H2,1-8H3. The number of rotatable bonds is 11. The van der Waals surface area contributed by atoms with Gasteiger partial charge in [-0.15, -0.1) is 0 Å². The lowest BCUT2D eigenvalue weighted by molar-refractivity contribution is -0.119. The lowest BCUT2D eigenvalue weighted by Gasteiger charge is -2.36. The molecular formula is C17H36O3. The second-order valence-electron chi connectivity index (χ2n) is 6.95. The molecule has 0 amide bonds. The first kappa shape index (κ1) is 19.9. The van der Waals surface area contributed by atoms with Crippen LogP contribution in [0.3, 0.4) is 0 Å². The monoisotopic (exact) mass is 288 g/mol. The zero-order chi connectivity index (χ0) is 15.8. The Bertz CT molecular complexity index is 249. The Morgan fingerprint density at radius 2 is 1.45 bits per heavy atom. The molecule has 20 heavy (non-hydrogen) atoms. The van der Waals surface area contributed by atoms with E-state index in [9.17, 15) is 0 Å². The molecule has 0 saturated carbocycles. The van der Waals surface area contributed by atoms with Gasteiger partial charge in [0.1, 0.15) is 0 Å². The molecule has 3 nitrogen and oxygen atoms in total. The first-order chi connectivity index (χ1) is 9.17. The van der Waals surface area contributed by atoms with Crippen molar-refractivity contribution in [3.05, 3.63) is 0 Å². The van der Waals surface area contributed by atoms with Crippen LogP contribution in [0, 0.1) is 11.8 Å². The molecule has 2 unspecified atom stereocenters. The lowest BCUT2D eigenvalue weighted by atomic mass is 9.91. The number of unbranched alkanes of at least 4 members (excludes halogenated alkanes) is 1. The molecule has 0 heterocycles. The second-order valence-corrected chi connectivity index (χ2v) is 6.95. The molecule has 0 aliphatic carbocycles. The molecule has 0 radical (unpaired) electrons. The molecule has 0 aromatic rings. The highest BCUT2D eigenvalue weighted by Crippen LogP contribution is 2.26. The third-order valence-corrected chi connectivity index (χ3v) is 4.62. The van der Waals surface area contributed by atoms with Crippen molar-refractivity contribution in [1.29, 1.82) is 0 Å². The van der Waals surface area contributed by atoms with Gasteiger partial charge in [0.15, 0.2) is 0 Å². The van der Waals surface area contributed by atoms with Gasteiger partial charge in [0.2, 0.25) is 0 Å². The number of ether oxygens (including phenoxy) is 3. The van der Waals surface area contributed by atoms with Gasteiger partial charge in [-0.3, -0.25) is 0 Å². The third kappa shape index (κ3) is 7.05. The van der Waals surface area contributed by atoms with Crippen molar-refractivity contribution in [2.75, 3.05) is 26.9 Å². The van der Waals surface area contributed by atoms with E-state index in [1.54, 1.807) is 7.11 Å². The van der Waals surface area contributed by atoms with Crippen molar-refractivity contribution in [2.24, 2.45) is 11.8 Å². The van der Waals surface area contributed by atoms with Crippen LogP contribution >= 0.6 is 0 Å². The Kier molecular flexibility index (Phi) is 8.96. The number of hydrogen-bond acceptors (Lipinski definition) is 3. The summed E-state index contributed by atoms with van der Waals surface area (Å²) in [6, 6.07) is 0. The zero-order valence-corrected chi connectivity index (χ0v) is 14.9. The summed E-state index contributed by atoms with van der Waals surface area (Å²) in [5, 5.41) is 0. The van der Waals surface area contributed by atoms with Crippen LogP contribution in [0.5, 0.6) is 0 Å². The van der Waals surface area contributed by atoms with E-state index in [0.29, 0.717) is 18.4 Å². The Labute approximate surface area is 126 Å². The molecule has 0 fully saturated rings. The van der Waals surface area contributed by atoms with Gasteiger partial charge < -0.3 is 14.2 Å². The van der Waals surface area contributed by atoms with Crippen molar-refractivity contribution >= 4 is 0 Å².